The van der Waals surface area contributed by atoms with E-state index in [2.05, 4.69) is 20.8 Å². The number of rotatable bonds is 7. The molecule has 1 aliphatic heterocycles. The SMILES string of the molecule is CCOc1ccc(N2C(=O)C(O)=C(C(=O)c3cc4cc(Cl)cc(OC)c4o3)C2c2ccc(C(C)(C)C)cc2)cc1. The number of halogens is 1. The number of ether oxygens (including phenoxy) is 2. The number of amides is 1. The van der Waals surface area contributed by atoms with Gasteiger partial charge in [0, 0.05) is 22.2 Å². The summed E-state index contributed by atoms with van der Waals surface area (Å²) >= 11 is 6.21. The van der Waals surface area contributed by atoms with Crippen LogP contribution in [0.15, 0.2) is 82.5 Å². The van der Waals surface area contributed by atoms with E-state index in [0.717, 1.165) is 5.56 Å². The van der Waals surface area contributed by atoms with Crippen molar-refractivity contribution >= 4 is 39.9 Å². The third kappa shape index (κ3) is 4.82. The maximum atomic E-state index is 14.0. The summed E-state index contributed by atoms with van der Waals surface area (Å²) in [6.07, 6.45) is 0. The Balaban J connectivity index is 1.63. The number of carbonyl (C=O) groups is 2. The van der Waals surface area contributed by atoms with Gasteiger partial charge in [-0.2, -0.15) is 0 Å². The zero-order valence-electron chi connectivity index (χ0n) is 22.9. The first kappa shape index (κ1) is 27.3. The van der Waals surface area contributed by atoms with Crippen LogP contribution in [0.3, 0.4) is 0 Å². The molecule has 1 aromatic heterocycles. The zero-order chi connectivity index (χ0) is 28.8. The van der Waals surface area contributed by atoms with Gasteiger partial charge < -0.3 is 19.0 Å². The van der Waals surface area contributed by atoms with Gasteiger partial charge in [-0.05, 0) is 59.9 Å². The van der Waals surface area contributed by atoms with E-state index in [1.54, 1.807) is 36.4 Å². The van der Waals surface area contributed by atoms with Crippen molar-refractivity contribution in [1.82, 2.24) is 0 Å². The summed E-state index contributed by atoms with van der Waals surface area (Å²) in [5, 5.41) is 12.1. The Labute approximate surface area is 237 Å². The number of benzene rings is 3. The molecule has 4 aromatic rings. The second kappa shape index (κ2) is 10.4. The number of nitrogens with zero attached hydrogens (tertiary/aromatic N) is 1. The Morgan fingerprint density at radius 3 is 2.33 bits per heavy atom. The fourth-order valence-corrected chi connectivity index (χ4v) is 5.15. The van der Waals surface area contributed by atoms with Crippen molar-refractivity contribution < 1.29 is 28.6 Å². The van der Waals surface area contributed by atoms with Gasteiger partial charge in [-0.25, -0.2) is 0 Å². The molecule has 3 aromatic carbocycles. The first-order valence-electron chi connectivity index (χ1n) is 12.9. The van der Waals surface area contributed by atoms with Gasteiger partial charge in [0.05, 0.1) is 25.3 Å². The number of fused-ring (bicyclic) bond motifs is 1. The summed E-state index contributed by atoms with van der Waals surface area (Å²) in [5.74, 6) is -0.961. The first-order chi connectivity index (χ1) is 19.0. The van der Waals surface area contributed by atoms with Gasteiger partial charge in [-0.3, -0.25) is 14.5 Å². The number of ketones is 1. The number of hydrogen-bond acceptors (Lipinski definition) is 6. The van der Waals surface area contributed by atoms with Crippen molar-refractivity contribution in [1.29, 1.82) is 0 Å². The van der Waals surface area contributed by atoms with E-state index in [1.807, 2.05) is 31.2 Å². The quantitative estimate of drug-likeness (QED) is 0.235. The van der Waals surface area contributed by atoms with Crippen molar-refractivity contribution in [3.8, 4) is 11.5 Å². The summed E-state index contributed by atoms with van der Waals surface area (Å²) in [7, 11) is 1.48. The molecule has 1 unspecified atom stereocenters. The molecule has 206 valence electrons. The normalized spacial score (nSPS) is 15.7. The average Bonchev–Trinajstić information content (AvgIpc) is 3.47. The second-order valence-electron chi connectivity index (χ2n) is 10.6. The van der Waals surface area contributed by atoms with Crippen LogP contribution >= 0.6 is 11.6 Å². The van der Waals surface area contributed by atoms with E-state index < -0.39 is 23.5 Å². The van der Waals surface area contributed by atoms with Gasteiger partial charge in [-0.15, -0.1) is 0 Å². The van der Waals surface area contributed by atoms with Crippen LogP contribution in [-0.2, 0) is 10.2 Å². The summed E-state index contributed by atoms with van der Waals surface area (Å²) < 4.78 is 16.8. The van der Waals surface area contributed by atoms with E-state index in [0.29, 0.717) is 45.3 Å². The molecule has 0 fully saturated rings. The van der Waals surface area contributed by atoms with Gasteiger partial charge in [-0.1, -0.05) is 56.6 Å². The molecule has 0 radical (unpaired) electrons. The molecule has 1 atom stereocenters. The van der Waals surface area contributed by atoms with Crippen LogP contribution in [0.4, 0.5) is 5.69 Å². The molecule has 7 nitrogen and oxygen atoms in total. The standard InChI is InChI=1S/C32H30ClNO6/c1-6-39-23-13-11-22(12-14-23)34-27(18-7-9-20(10-8-18)32(2,3)4)26(29(36)31(34)37)28(35)24-16-19-15-21(33)17-25(38-5)30(19)40-24/h7-17,27,36H,6H2,1-5H3. The predicted octanol–water partition coefficient (Wildman–Crippen LogP) is 7.57. The number of carbonyl (C=O) groups excluding carboxylic acids is 2. The lowest BCUT2D eigenvalue weighted by Gasteiger charge is -2.28. The van der Waals surface area contributed by atoms with Crippen LogP contribution in [0.25, 0.3) is 11.0 Å². The smallest absolute Gasteiger partial charge is 0.294 e. The van der Waals surface area contributed by atoms with E-state index in [4.69, 9.17) is 25.5 Å². The van der Waals surface area contributed by atoms with Crippen molar-refractivity contribution in [2.45, 2.75) is 39.2 Å². The maximum Gasteiger partial charge on any atom is 0.294 e. The van der Waals surface area contributed by atoms with E-state index >= 15 is 0 Å². The van der Waals surface area contributed by atoms with Crippen molar-refractivity contribution in [3.05, 3.63) is 100.0 Å². The molecule has 0 saturated heterocycles. The molecular weight excluding hydrogens is 530 g/mol. The molecule has 5 rings (SSSR count). The van der Waals surface area contributed by atoms with Crippen LogP contribution in [0.5, 0.6) is 11.5 Å². The number of hydrogen-bond donors (Lipinski definition) is 1. The number of methoxy groups -OCH3 is 1. The summed E-state index contributed by atoms with van der Waals surface area (Å²) in [6.45, 7) is 8.71. The highest BCUT2D eigenvalue weighted by atomic mass is 35.5. The van der Waals surface area contributed by atoms with Gasteiger partial charge in [0.1, 0.15) is 5.75 Å². The fraction of sp³-hybridized carbons (Fsp3) is 0.250. The Kier molecular flexibility index (Phi) is 7.10. The maximum absolute atomic E-state index is 14.0. The van der Waals surface area contributed by atoms with Crippen LogP contribution in [0, 0.1) is 0 Å². The molecule has 1 aliphatic rings. The van der Waals surface area contributed by atoms with Crippen LogP contribution < -0.4 is 14.4 Å². The summed E-state index contributed by atoms with van der Waals surface area (Å²) in [6, 6.07) is 18.6. The second-order valence-corrected chi connectivity index (χ2v) is 11.0. The molecule has 1 amide bonds. The molecule has 1 N–H and O–H groups in total. The Hall–Kier alpha value is -4.23. The highest BCUT2D eigenvalue weighted by Gasteiger charge is 2.45. The minimum Gasteiger partial charge on any atom is -0.503 e. The number of Topliss-reactive ketones (excluding diaryl/α,β-unsaturated/α-hetero) is 1. The third-order valence-electron chi connectivity index (χ3n) is 6.96. The Morgan fingerprint density at radius 1 is 1.05 bits per heavy atom. The van der Waals surface area contributed by atoms with E-state index in [9.17, 15) is 14.7 Å². The van der Waals surface area contributed by atoms with Crippen molar-refractivity contribution in [3.63, 3.8) is 0 Å². The van der Waals surface area contributed by atoms with E-state index in [1.165, 1.54) is 18.1 Å². The van der Waals surface area contributed by atoms with Crippen LogP contribution in [0.2, 0.25) is 5.02 Å². The van der Waals surface area contributed by atoms with Gasteiger partial charge in [0.2, 0.25) is 5.78 Å². The predicted molar refractivity (Wildman–Crippen MR) is 155 cm³/mol. The average molecular weight is 560 g/mol. The summed E-state index contributed by atoms with van der Waals surface area (Å²) in [5.41, 5.74) is 2.44. The van der Waals surface area contributed by atoms with Crippen molar-refractivity contribution in [2.75, 3.05) is 18.6 Å². The highest BCUT2D eigenvalue weighted by Crippen LogP contribution is 2.43. The molecule has 0 bridgehead atoms. The molecule has 0 spiro atoms. The lowest BCUT2D eigenvalue weighted by atomic mass is 9.85. The number of furan rings is 1. The topological polar surface area (TPSA) is 89.2 Å². The minimum atomic E-state index is -0.898. The minimum absolute atomic E-state index is 0.0465. The van der Waals surface area contributed by atoms with Crippen LogP contribution in [0.1, 0.15) is 55.4 Å². The Morgan fingerprint density at radius 2 is 1.73 bits per heavy atom. The molecular formula is C32H30ClNO6. The lowest BCUT2D eigenvalue weighted by Crippen LogP contribution is -2.31. The molecule has 2 heterocycles. The lowest BCUT2D eigenvalue weighted by molar-refractivity contribution is -0.117. The highest BCUT2D eigenvalue weighted by molar-refractivity contribution is 6.31. The molecule has 0 saturated carbocycles. The number of anilines is 1. The van der Waals surface area contributed by atoms with Crippen molar-refractivity contribution in [2.24, 2.45) is 0 Å². The zero-order valence-corrected chi connectivity index (χ0v) is 23.7. The van der Waals surface area contributed by atoms with Crippen LogP contribution in [-0.4, -0.2) is 30.5 Å². The number of aliphatic hydroxyl groups excluding tert-OH is 1. The Bertz CT molecular complexity index is 1630. The molecule has 0 aliphatic carbocycles. The largest absolute Gasteiger partial charge is 0.503 e. The molecule has 40 heavy (non-hydrogen) atoms. The fourth-order valence-electron chi connectivity index (χ4n) is 4.94. The number of aliphatic hydroxyl groups is 1. The van der Waals surface area contributed by atoms with Gasteiger partial charge in [0.25, 0.3) is 5.91 Å². The van der Waals surface area contributed by atoms with Gasteiger partial charge >= 0.3 is 0 Å². The monoisotopic (exact) mass is 559 g/mol. The van der Waals surface area contributed by atoms with E-state index in [-0.39, 0.29) is 16.7 Å². The summed E-state index contributed by atoms with van der Waals surface area (Å²) in [4.78, 5) is 29.0. The van der Waals surface area contributed by atoms with Gasteiger partial charge in [0.15, 0.2) is 22.9 Å². The third-order valence-corrected chi connectivity index (χ3v) is 7.18. The first-order valence-corrected chi connectivity index (χ1v) is 13.3. The molecule has 8 heteroatoms.